The molecule has 1 amide bonds. The van der Waals surface area contributed by atoms with Gasteiger partial charge < -0.3 is 14.8 Å². The lowest BCUT2D eigenvalue weighted by Crippen LogP contribution is -2.15. The number of carbonyl (C=O) groups excluding carboxylic acids is 1. The zero-order valence-electron chi connectivity index (χ0n) is 15.7. The molecule has 2 aromatic rings. The number of hydrogen-bond donors (Lipinski definition) is 1. The molecule has 0 atom stereocenters. The molecule has 0 aromatic heterocycles. The van der Waals surface area contributed by atoms with Crippen molar-refractivity contribution in [2.24, 2.45) is 0 Å². The van der Waals surface area contributed by atoms with Crippen LogP contribution in [0.2, 0.25) is 0 Å². The van der Waals surface area contributed by atoms with E-state index in [0.717, 1.165) is 16.8 Å². The summed E-state index contributed by atoms with van der Waals surface area (Å²) in [6.07, 6.45) is 0. The van der Waals surface area contributed by atoms with E-state index in [2.05, 4.69) is 25.2 Å². The van der Waals surface area contributed by atoms with Crippen LogP contribution >= 0.6 is 0 Å². The van der Waals surface area contributed by atoms with Crippen LogP contribution in [0.5, 0.6) is 11.5 Å². The fraction of sp³-hybridized carbons (Fsp3) is 0.381. The molecule has 0 bridgehead atoms. The van der Waals surface area contributed by atoms with Crippen LogP contribution in [0.4, 0.5) is 5.69 Å². The number of hydrogen-bond acceptors (Lipinski definition) is 3. The van der Waals surface area contributed by atoms with Crippen LogP contribution in [0.3, 0.4) is 0 Å². The summed E-state index contributed by atoms with van der Waals surface area (Å²) in [5, 5.41) is 3.06. The van der Waals surface area contributed by atoms with Gasteiger partial charge in [0.1, 0.15) is 0 Å². The Labute approximate surface area is 150 Å². The van der Waals surface area contributed by atoms with Crippen molar-refractivity contribution in [2.45, 2.75) is 40.5 Å². The number of para-hydroxylation sites is 1. The summed E-state index contributed by atoms with van der Waals surface area (Å²) in [6.45, 7) is 11.1. The van der Waals surface area contributed by atoms with Gasteiger partial charge >= 0.3 is 0 Å². The molecule has 134 valence electrons. The number of aryl methyl sites for hydroxylation is 1. The third-order valence-corrected chi connectivity index (χ3v) is 3.97. The van der Waals surface area contributed by atoms with Crippen molar-refractivity contribution in [2.75, 3.05) is 18.5 Å². The number of carbonyl (C=O) groups is 1. The van der Waals surface area contributed by atoms with Gasteiger partial charge in [-0.3, -0.25) is 4.79 Å². The van der Waals surface area contributed by atoms with Gasteiger partial charge in [0.15, 0.2) is 11.5 Å². The van der Waals surface area contributed by atoms with Crippen LogP contribution < -0.4 is 14.8 Å². The lowest BCUT2D eigenvalue weighted by atomic mass is 9.98. The molecule has 0 heterocycles. The molecular weight excluding hydrogens is 314 g/mol. The first-order valence-corrected chi connectivity index (χ1v) is 8.78. The Morgan fingerprint density at radius 2 is 1.72 bits per heavy atom. The summed E-state index contributed by atoms with van der Waals surface area (Å²) in [5.41, 5.74) is 3.61. The summed E-state index contributed by atoms with van der Waals surface area (Å²) in [4.78, 5) is 12.8. The van der Waals surface area contributed by atoms with E-state index in [1.807, 2.05) is 32.9 Å². The Hall–Kier alpha value is -2.49. The van der Waals surface area contributed by atoms with E-state index in [4.69, 9.17) is 9.47 Å². The van der Waals surface area contributed by atoms with Gasteiger partial charge in [0, 0.05) is 11.3 Å². The third-order valence-electron chi connectivity index (χ3n) is 3.97. The van der Waals surface area contributed by atoms with Gasteiger partial charge in [-0.05, 0) is 56.0 Å². The van der Waals surface area contributed by atoms with E-state index < -0.39 is 0 Å². The molecule has 0 radical (unpaired) electrons. The average molecular weight is 341 g/mol. The maximum Gasteiger partial charge on any atom is 0.255 e. The van der Waals surface area contributed by atoms with Crippen molar-refractivity contribution < 1.29 is 14.3 Å². The molecule has 2 aromatic carbocycles. The molecule has 2 rings (SSSR count). The molecule has 0 aliphatic rings. The van der Waals surface area contributed by atoms with Crippen molar-refractivity contribution in [1.82, 2.24) is 0 Å². The van der Waals surface area contributed by atoms with Gasteiger partial charge in [-0.15, -0.1) is 0 Å². The van der Waals surface area contributed by atoms with Crippen molar-refractivity contribution in [3.05, 3.63) is 53.1 Å². The predicted molar refractivity (Wildman–Crippen MR) is 102 cm³/mol. The van der Waals surface area contributed by atoms with Crippen LogP contribution in [0, 0.1) is 6.92 Å². The summed E-state index contributed by atoms with van der Waals surface area (Å²) < 4.78 is 11.2. The van der Waals surface area contributed by atoms with Gasteiger partial charge in [0.2, 0.25) is 0 Å². The summed E-state index contributed by atoms with van der Waals surface area (Å²) >= 11 is 0. The maximum atomic E-state index is 12.8. The minimum absolute atomic E-state index is 0.153. The van der Waals surface area contributed by atoms with Crippen LogP contribution in [0.1, 0.15) is 55.1 Å². The minimum Gasteiger partial charge on any atom is -0.490 e. The van der Waals surface area contributed by atoms with E-state index in [0.29, 0.717) is 36.2 Å². The predicted octanol–water partition coefficient (Wildman–Crippen LogP) is 5.17. The molecule has 4 nitrogen and oxygen atoms in total. The number of benzene rings is 2. The van der Waals surface area contributed by atoms with Crippen LogP contribution in [-0.4, -0.2) is 19.1 Å². The standard InChI is InChI=1S/C21H27NO3/c1-6-24-18-12-11-16(13-19(18)25-7-2)21(23)22-20-15(5)9-8-10-17(20)14(3)4/h8-14H,6-7H2,1-5H3,(H,22,23). The molecule has 0 saturated heterocycles. The number of rotatable bonds is 7. The van der Waals surface area contributed by atoms with Gasteiger partial charge in [0.25, 0.3) is 5.91 Å². The quantitative estimate of drug-likeness (QED) is 0.756. The Morgan fingerprint density at radius 3 is 2.36 bits per heavy atom. The monoisotopic (exact) mass is 341 g/mol. The second kappa shape index (κ2) is 8.56. The number of ether oxygens (including phenoxy) is 2. The van der Waals surface area contributed by atoms with E-state index in [9.17, 15) is 4.79 Å². The highest BCUT2D eigenvalue weighted by Gasteiger charge is 2.15. The maximum absolute atomic E-state index is 12.8. The highest BCUT2D eigenvalue weighted by molar-refractivity contribution is 6.05. The first-order chi connectivity index (χ1) is 12.0. The van der Waals surface area contributed by atoms with Crippen LogP contribution in [0.15, 0.2) is 36.4 Å². The molecule has 1 N–H and O–H groups in total. The second-order valence-electron chi connectivity index (χ2n) is 6.18. The smallest absolute Gasteiger partial charge is 0.255 e. The lowest BCUT2D eigenvalue weighted by Gasteiger charge is -2.17. The molecule has 0 aliphatic carbocycles. The molecule has 0 unspecified atom stereocenters. The fourth-order valence-electron chi connectivity index (χ4n) is 2.72. The second-order valence-corrected chi connectivity index (χ2v) is 6.18. The number of amides is 1. The van der Waals surface area contributed by atoms with Crippen molar-refractivity contribution >= 4 is 11.6 Å². The van der Waals surface area contributed by atoms with E-state index >= 15 is 0 Å². The molecule has 4 heteroatoms. The molecule has 0 aliphatic heterocycles. The lowest BCUT2D eigenvalue weighted by molar-refractivity contribution is 0.102. The first kappa shape index (κ1) is 18.8. The van der Waals surface area contributed by atoms with E-state index in [-0.39, 0.29) is 5.91 Å². The number of anilines is 1. The fourth-order valence-corrected chi connectivity index (χ4v) is 2.72. The Kier molecular flexibility index (Phi) is 6.45. The highest BCUT2D eigenvalue weighted by atomic mass is 16.5. The number of nitrogens with one attached hydrogen (secondary N) is 1. The normalized spacial score (nSPS) is 10.6. The zero-order valence-corrected chi connectivity index (χ0v) is 15.7. The van der Waals surface area contributed by atoms with Crippen molar-refractivity contribution in [1.29, 1.82) is 0 Å². The Morgan fingerprint density at radius 1 is 1.04 bits per heavy atom. The SMILES string of the molecule is CCOc1ccc(C(=O)Nc2c(C)cccc2C(C)C)cc1OCC. The van der Waals surface area contributed by atoms with E-state index in [1.165, 1.54) is 0 Å². The first-order valence-electron chi connectivity index (χ1n) is 8.78. The zero-order chi connectivity index (χ0) is 18.4. The third kappa shape index (κ3) is 4.53. The topological polar surface area (TPSA) is 47.6 Å². The van der Waals surface area contributed by atoms with Crippen LogP contribution in [-0.2, 0) is 0 Å². The summed E-state index contributed by atoms with van der Waals surface area (Å²) in [5.74, 6) is 1.42. The van der Waals surface area contributed by atoms with Gasteiger partial charge in [-0.1, -0.05) is 32.0 Å². The highest BCUT2D eigenvalue weighted by Crippen LogP contribution is 2.31. The van der Waals surface area contributed by atoms with E-state index in [1.54, 1.807) is 18.2 Å². The Balaban J connectivity index is 2.31. The summed E-state index contributed by atoms with van der Waals surface area (Å²) in [6, 6.07) is 11.4. The van der Waals surface area contributed by atoms with Gasteiger partial charge in [0.05, 0.1) is 13.2 Å². The van der Waals surface area contributed by atoms with Crippen LogP contribution in [0.25, 0.3) is 0 Å². The van der Waals surface area contributed by atoms with Gasteiger partial charge in [-0.25, -0.2) is 0 Å². The van der Waals surface area contributed by atoms with Crippen molar-refractivity contribution in [3.8, 4) is 11.5 Å². The largest absolute Gasteiger partial charge is 0.490 e. The van der Waals surface area contributed by atoms with Gasteiger partial charge in [-0.2, -0.15) is 0 Å². The molecular formula is C21H27NO3. The van der Waals surface area contributed by atoms with Crippen molar-refractivity contribution in [3.63, 3.8) is 0 Å². The minimum atomic E-state index is -0.153. The molecule has 0 fully saturated rings. The molecule has 25 heavy (non-hydrogen) atoms. The summed E-state index contributed by atoms with van der Waals surface area (Å²) in [7, 11) is 0. The average Bonchev–Trinajstić information content (AvgIpc) is 2.58. The molecule has 0 saturated carbocycles. The Bertz CT molecular complexity index is 738. The molecule has 0 spiro atoms.